The van der Waals surface area contributed by atoms with E-state index in [1.807, 2.05) is 20.8 Å². The Morgan fingerprint density at radius 1 is 1.31 bits per heavy atom. The van der Waals surface area contributed by atoms with Gasteiger partial charge in [0.1, 0.15) is 5.78 Å². The summed E-state index contributed by atoms with van der Waals surface area (Å²) in [5.41, 5.74) is -0.168. The Hall–Kier alpha value is -0.370. The van der Waals surface area contributed by atoms with E-state index in [0.29, 0.717) is 11.7 Å². The molecule has 13 heavy (non-hydrogen) atoms. The number of carbonyl (C=O) groups is 1. The molecule has 2 heteroatoms. The van der Waals surface area contributed by atoms with Crippen molar-refractivity contribution >= 4 is 5.78 Å². The van der Waals surface area contributed by atoms with Gasteiger partial charge >= 0.3 is 0 Å². The Morgan fingerprint density at radius 3 is 2.31 bits per heavy atom. The van der Waals surface area contributed by atoms with Crippen molar-refractivity contribution in [3.05, 3.63) is 0 Å². The van der Waals surface area contributed by atoms with Crippen LogP contribution in [0.15, 0.2) is 0 Å². The van der Waals surface area contributed by atoms with Crippen LogP contribution in [0.4, 0.5) is 0 Å². The fourth-order valence-electron chi connectivity index (χ4n) is 1.52. The van der Waals surface area contributed by atoms with Crippen molar-refractivity contribution in [1.29, 1.82) is 0 Å². The van der Waals surface area contributed by atoms with Gasteiger partial charge in [0.2, 0.25) is 0 Å². The minimum atomic E-state index is -0.168. The maximum absolute atomic E-state index is 11.7. The topological polar surface area (TPSA) is 26.3 Å². The second-order valence-corrected chi connectivity index (χ2v) is 4.93. The maximum atomic E-state index is 11.7. The molecule has 1 aliphatic rings. The lowest BCUT2D eigenvalue weighted by molar-refractivity contribution is -0.127. The second-order valence-electron chi connectivity index (χ2n) is 4.93. The van der Waals surface area contributed by atoms with Crippen molar-refractivity contribution in [3.8, 4) is 0 Å². The summed E-state index contributed by atoms with van der Waals surface area (Å²) < 4.78 is 5.26. The lowest BCUT2D eigenvalue weighted by Crippen LogP contribution is -2.25. The van der Waals surface area contributed by atoms with E-state index in [-0.39, 0.29) is 5.41 Å². The molecule has 76 valence electrons. The second kappa shape index (κ2) is 4.23. The molecular weight excluding hydrogens is 164 g/mol. The Morgan fingerprint density at radius 2 is 1.85 bits per heavy atom. The highest BCUT2D eigenvalue weighted by Crippen LogP contribution is 2.25. The molecule has 2 nitrogen and oxygen atoms in total. The number of ether oxygens (including phenoxy) is 1. The Kier molecular flexibility index (Phi) is 3.48. The average Bonchev–Trinajstić information content (AvgIpc) is 2.04. The predicted octanol–water partition coefficient (Wildman–Crippen LogP) is 2.42. The van der Waals surface area contributed by atoms with E-state index in [4.69, 9.17) is 4.74 Å². The molecule has 1 heterocycles. The van der Waals surface area contributed by atoms with Gasteiger partial charge in [0, 0.05) is 25.0 Å². The van der Waals surface area contributed by atoms with Crippen LogP contribution in [0.3, 0.4) is 0 Å². The van der Waals surface area contributed by atoms with Gasteiger partial charge < -0.3 is 4.74 Å². The van der Waals surface area contributed by atoms with Crippen LogP contribution >= 0.6 is 0 Å². The van der Waals surface area contributed by atoms with Gasteiger partial charge in [-0.3, -0.25) is 4.79 Å². The summed E-state index contributed by atoms with van der Waals surface area (Å²) in [6.07, 6.45) is 2.86. The van der Waals surface area contributed by atoms with E-state index in [1.165, 1.54) is 0 Å². The van der Waals surface area contributed by atoms with Gasteiger partial charge in [-0.05, 0) is 18.8 Å². The van der Waals surface area contributed by atoms with E-state index in [9.17, 15) is 4.79 Å². The highest BCUT2D eigenvalue weighted by Gasteiger charge is 2.25. The standard InChI is InChI=1S/C11H20O2/c1-11(2,3)10(12)8-9-4-6-13-7-5-9/h9H,4-8H2,1-3H3. The van der Waals surface area contributed by atoms with Crippen molar-refractivity contribution in [3.63, 3.8) is 0 Å². The van der Waals surface area contributed by atoms with Crippen LogP contribution < -0.4 is 0 Å². The molecule has 1 aliphatic heterocycles. The van der Waals surface area contributed by atoms with Crippen LogP contribution in [0, 0.1) is 11.3 Å². The van der Waals surface area contributed by atoms with Crippen molar-refractivity contribution < 1.29 is 9.53 Å². The molecule has 1 rings (SSSR count). The summed E-state index contributed by atoms with van der Waals surface area (Å²) in [4.78, 5) is 11.7. The first kappa shape index (κ1) is 10.7. The highest BCUT2D eigenvalue weighted by molar-refractivity contribution is 5.83. The summed E-state index contributed by atoms with van der Waals surface area (Å²) in [5.74, 6) is 0.958. The first-order valence-corrected chi connectivity index (χ1v) is 5.11. The summed E-state index contributed by atoms with van der Waals surface area (Å²) in [6, 6.07) is 0. The van der Waals surface area contributed by atoms with E-state index >= 15 is 0 Å². The number of hydrogen-bond donors (Lipinski definition) is 0. The van der Waals surface area contributed by atoms with E-state index in [0.717, 1.165) is 32.5 Å². The molecule has 1 fully saturated rings. The molecule has 0 radical (unpaired) electrons. The lowest BCUT2D eigenvalue weighted by Gasteiger charge is -2.24. The summed E-state index contributed by atoms with van der Waals surface area (Å²) >= 11 is 0. The number of ketones is 1. The molecule has 0 aliphatic carbocycles. The third-order valence-corrected chi connectivity index (χ3v) is 2.65. The van der Waals surface area contributed by atoms with Gasteiger partial charge in [0.05, 0.1) is 0 Å². The predicted molar refractivity (Wildman–Crippen MR) is 52.6 cm³/mol. The third kappa shape index (κ3) is 3.47. The van der Waals surface area contributed by atoms with Crippen molar-refractivity contribution in [2.75, 3.05) is 13.2 Å². The number of carbonyl (C=O) groups excluding carboxylic acids is 1. The smallest absolute Gasteiger partial charge is 0.138 e. The lowest BCUT2D eigenvalue weighted by atomic mass is 9.83. The minimum absolute atomic E-state index is 0.168. The summed E-state index contributed by atoms with van der Waals surface area (Å²) in [5, 5.41) is 0. The fraction of sp³-hybridized carbons (Fsp3) is 0.909. The quantitative estimate of drug-likeness (QED) is 0.658. The van der Waals surface area contributed by atoms with Crippen LogP contribution in [0.5, 0.6) is 0 Å². The molecule has 0 saturated carbocycles. The Bertz CT molecular complexity index is 173. The Balaban J connectivity index is 2.35. The number of rotatable bonds is 2. The zero-order chi connectivity index (χ0) is 9.90. The van der Waals surface area contributed by atoms with Crippen molar-refractivity contribution in [1.82, 2.24) is 0 Å². The molecule has 0 aromatic carbocycles. The summed E-state index contributed by atoms with van der Waals surface area (Å²) in [7, 11) is 0. The van der Waals surface area contributed by atoms with Crippen LogP contribution in [0.25, 0.3) is 0 Å². The number of Topliss-reactive ketones (excluding diaryl/α,β-unsaturated/α-hetero) is 1. The van der Waals surface area contributed by atoms with Crippen LogP contribution in [-0.2, 0) is 9.53 Å². The average molecular weight is 184 g/mol. The first-order chi connectivity index (χ1) is 6.00. The molecule has 1 saturated heterocycles. The molecule has 0 amide bonds. The minimum Gasteiger partial charge on any atom is -0.381 e. The van der Waals surface area contributed by atoms with Crippen LogP contribution in [0.2, 0.25) is 0 Å². The number of hydrogen-bond acceptors (Lipinski definition) is 2. The molecule has 0 spiro atoms. The zero-order valence-electron chi connectivity index (χ0n) is 8.93. The van der Waals surface area contributed by atoms with Gasteiger partial charge in [-0.2, -0.15) is 0 Å². The van der Waals surface area contributed by atoms with Crippen LogP contribution in [0.1, 0.15) is 40.0 Å². The fourth-order valence-corrected chi connectivity index (χ4v) is 1.52. The molecule has 0 unspecified atom stereocenters. The van der Waals surface area contributed by atoms with Gasteiger partial charge in [0.15, 0.2) is 0 Å². The van der Waals surface area contributed by atoms with E-state index in [1.54, 1.807) is 0 Å². The van der Waals surface area contributed by atoms with Gasteiger partial charge in [0.25, 0.3) is 0 Å². The molecule has 0 bridgehead atoms. The highest BCUT2D eigenvalue weighted by atomic mass is 16.5. The monoisotopic (exact) mass is 184 g/mol. The van der Waals surface area contributed by atoms with Crippen LogP contribution in [-0.4, -0.2) is 19.0 Å². The Labute approximate surface area is 80.7 Å². The molecule has 0 aromatic rings. The molecule has 0 aromatic heterocycles. The normalized spacial score (nSPS) is 20.2. The molecule has 0 atom stereocenters. The van der Waals surface area contributed by atoms with E-state index < -0.39 is 0 Å². The van der Waals surface area contributed by atoms with Crippen molar-refractivity contribution in [2.45, 2.75) is 40.0 Å². The molecule has 0 N–H and O–H groups in total. The summed E-state index contributed by atoms with van der Waals surface area (Å²) in [6.45, 7) is 7.65. The van der Waals surface area contributed by atoms with Gasteiger partial charge in [-0.25, -0.2) is 0 Å². The SMILES string of the molecule is CC(C)(C)C(=O)CC1CCOCC1. The van der Waals surface area contributed by atoms with Gasteiger partial charge in [-0.1, -0.05) is 20.8 Å². The van der Waals surface area contributed by atoms with Crippen molar-refractivity contribution in [2.24, 2.45) is 11.3 Å². The molecular formula is C11H20O2. The largest absolute Gasteiger partial charge is 0.381 e. The first-order valence-electron chi connectivity index (χ1n) is 5.11. The third-order valence-electron chi connectivity index (χ3n) is 2.65. The van der Waals surface area contributed by atoms with Gasteiger partial charge in [-0.15, -0.1) is 0 Å². The maximum Gasteiger partial charge on any atom is 0.138 e. The zero-order valence-corrected chi connectivity index (χ0v) is 8.93. The van der Waals surface area contributed by atoms with E-state index in [2.05, 4.69) is 0 Å².